The lowest BCUT2D eigenvalue weighted by molar-refractivity contribution is -0.118. The Morgan fingerprint density at radius 2 is 2.00 bits per heavy atom. The lowest BCUT2D eigenvalue weighted by Gasteiger charge is -2.23. The Kier molecular flexibility index (Phi) is 6.29. The van der Waals surface area contributed by atoms with Gasteiger partial charge in [-0.2, -0.15) is 0 Å². The number of anilines is 1. The third kappa shape index (κ3) is 5.89. The van der Waals surface area contributed by atoms with Gasteiger partial charge in [-0.25, -0.2) is 13.2 Å². The van der Waals surface area contributed by atoms with Crippen LogP contribution >= 0.6 is 11.6 Å². The van der Waals surface area contributed by atoms with E-state index in [1.807, 2.05) is 13.8 Å². The van der Waals surface area contributed by atoms with Crippen LogP contribution in [0.25, 0.3) is 0 Å². The van der Waals surface area contributed by atoms with Gasteiger partial charge in [-0.15, -0.1) is 0 Å². The Balaban J connectivity index is 1.95. The molecule has 1 saturated heterocycles. The summed E-state index contributed by atoms with van der Waals surface area (Å²) in [6, 6.07) is 4.97. The minimum absolute atomic E-state index is 0.0680. The van der Waals surface area contributed by atoms with Crippen molar-refractivity contribution in [3.05, 3.63) is 29.3 Å². The van der Waals surface area contributed by atoms with Gasteiger partial charge in [-0.3, -0.25) is 4.79 Å². The predicted molar refractivity (Wildman–Crippen MR) is 97.4 cm³/mol. The van der Waals surface area contributed by atoms with Crippen molar-refractivity contribution >= 4 is 39.1 Å². The molecule has 3 N–H and O–H groups in total. The highest BCUT2D eigenvalue weighted by Gasteiger charge is 2.30. The summed E-state index contributed by atoms with van der Waals surface area (Å²) < 4.78 is 22.9. The minimum Gasteiger partial charge on any atom is -0.334 e. The van der Waals surface area contributed by atoms with E-state index in [1.165, 1.54) is 0 Å². The summed E-state index contributed by atoms with van der Waals surface area (Å²) in [6.45, 7) is 3.62. The molecule has 9 heteroatoms. The summed E-state index contributed by atoms with van der Waals surface area (Å²) in [5.41, 5.74) is 0.534. The molecule has 0 radical (unpaired) electrons. The predicted octanol–water partition coefficient (Wildman–Crippen LogP) is 1.79. The second kappa shape index (κ2) is 8.05. The molecule has 25 heavy (non-hydrogen) atoms. The number of nitrogens with one attached hydrogen (secondary N) is 3. The molecule has 0 bridgehead atoms. The van der Waals surface area contributed by atoms with Crippen molar-refractivity contribution in [2.24, 2.45) is 5.92 Å². The topological polar surface area (TPSA) is 104 Å². The average Bonchev–Trinajstić information content (AvgIpc) is 2.83. The van der Waals surface area contributed by atoms with E-state index in [0.717, 1.165) is 0 Å². The van der Waals surface area contributed by atoms with Crippen LogP contribution in [0.5, 0.6) is 0 Å². The average molecular weight is 388 g/mol. The molecule has 1 aliphatic rings. The number of carbonyl (C=O) groups is 2. The van der Waals surface area contributed by atoms with Crippen molar-refractivity contribution in [3.63, 3.8) is 0 Å². The fourth-order valence-corrected chi connectivity index (χ4v) is 4.46. The number of sulfone groups is 1. The molecule has 2 atom stereocenters. The monoisotopic (exact) mass is 387 g/mol. The number of urea groups is 1. The van der Waals surface area contributed by atoms with E-state index in [9.17, 15) is 18.0 Å². The first-order valence-electron chi connectivity index (χ1n) is 8.00. The second-order valence-electron chi connectivity index (χ2n) is 6.44. The fourth-order valence-electron chi connectivity index (χ4n) is 2.60. The van der Waals surface area contributed by atoms with E-state index in [2.05, 4.69) is 16.0 Å². The first-order chi connectivity index (χ1) is 11.7. The zero-order valence-electron chi connectivity index (χ0n) is 14.1. The van der Waals surface area contributed by atoms with Gasteiger partial charge in [0.25, 0.3) is 0 Å². The molecular formula is C16H22ClN3O4S. The lowest BCUT2D eigenvalue weighted by atomic mass is 10.0. The molecule has 3 amide bonds. The van der Waals surface area contributed by atoms with Gasteiger partial charge in [0.05, 0.1) is 11.5 Å². The molecule has 1 aromatic carbocycles. The largest absolute Gasteiger partial charge is 0.334 e. The SMILES string of the molecule is CC(C)[C@@H](NC(=O)NC1CCS(=O)(=O)C1)C(=O)Nc1cccc(Cl)c1. The molecule has 1 fully saturated rings. The molecule has 1 unspecified atom stereocenters. The summed E-state index contributed by atoms with van der Waals surface area (Å²) in [6.07, 6.45) is 0.386. The van der Waals surface area contributed by atoms with E-state index in [4.69, 9.17) is 11.6 Å². The van der Waals surface area contributed by atoms with Crippen LogP contribution in [-0.2, 0) is 14.6 Å². The van der Waals surface area contributed by atoms with Crippen LogP contribution in [0, 0.1) is 5.92 Å². The summed E-state index contributed by atoms with van der Waals surface area (Å²) in [7, 11) is -3.08. The first-order valence-corrected chi connectivity index (χ1v) is 10.2. The number of hydrogen-bond donors (Lipinski definition) is 3. The van der Waals surface area contributed by atoms with Gasteiger partial charge in [0.1, 0.15) is 6.04 Å². The van der Waals surface area contributed by atoms with E-state index in [1.54, 1.807) is 24.3 Å². The Morgan fingerprint density at radius 3 is 2.56 bits per heavy atom. The minimum atomic E-state index is -3.08. The maximum Gasteiger partial charge on any atom is 0.315 e. The summed E-state index contributed by atoms with van der Waals surface area (Å²) in [5, 5.41) is 8.44. The van der Waals surface area contributed by atoms with E-state index < -0.39 is 28.0 Å². The summed E-state index contributed by atoms with van der Waals surface area (Å²) in [4.78, 5) is 24.6. The molecule has 0 aliphatic carbocycles. The van der Waals surface area contributed by atoms with E-state index in [0.29, 0.717) is 17.1 Å². The van der Waals surface area contributed by atoms with Gasteiger partial charge in [0, 0.05) is 16.8 Å². The second-order valence-corrected chi connectivity index (χ2v) is 9.10. The van der Waals surface area contributed by atoms with Crippen molar-refractivity contribution < 1.29 is 18.0 Å². The van der Waals surface area contributed by atoms with E-state index >= 15 is 0 Å². The normalized spacial score (nSPS) is 20.1. The third-order valence-electron chi connectivity index (χ3n) is 3.90. The van der Waals surface area contributed by atoms with Crippen molar-refractivity contribution in [2.45, 2.75) is 32.4 Å². The standard InChI is InChI=1S/C16H22ClN3O4S/c1-10(2)14(15(21)18-12-5-3-4-11(17)8-12)20-16(22)19-13-6-7-25(23,24)9-13/h3-5,8,10,13-14H,6-7,9H2,1-2H3,(H,18,21)(H2,19,20,22)/t13?,14-/m1/s1. The number of amides is 3. The summed E-state index contributed by atoms with van der Waals surface area (Å²) >= 11 is 5.89. The van der Waals surface area contributed by atoms with Crippen LogP contribution in [0.4, 0.5) is 10.5 Å². The molecule has 0 spiro atoms. The molecule has 138 valence electrons. The van der Waals surface area contributed by atoms with Gasteiger partial charge < -0.3 is 16.0 Å². The highest BCUT2D eigenvalue weighted by Crippen LogP contribution is 2.16. The van der Waals surface area contributed by atoms with Gasteiger partial charge in [-0.1, -0.05) is 31.5 Å². The van der Waals surface area contributed by atoms with Crippen LogP contribution in [-0.4, -0.2) is 43.9 Å². The zero-order chi connectivity index (χ0) is 18.6. The van der Waals surface area contributed by atoms with Crippen LogP contribution < -0.4 is 16.0 Å². The number of rotatable bonds is 5. The van der Waals surface area contributed by atoms with Gasteiger partial charge >= 0.3 is 6.03 Å². The smallest absolute Gasteiger partial charge is 0.315 e. The maximum atomic E-state index is 12.4. The fraction of sp³-hybridized carbons (Fsp3) is 0.500. The summed E-state index contributed by atoms with van der Waals surface area (Å²) in [5.74, 6) is -0.522. The van der Waals surface area contributed by atoms with Crippen LogP contribution in [0.1, 0.15) is 20.3 Å². The van der Waals surface area contributed by atoms with Crippen molar-refractivity contribution in [3.8, 4) is 0 Å². The quantitative estimate of drug-likeness (QED) is 0.716. The highest BCUT2D eigenvalue weighted by atomic mass is 35.5. The molecular weight excluding hydrogens is 366 g/mol. The highest BCUT2D eigenvalue weighted by molar-refractivity contribution is 7.91. The maximum absolute atomic E-state index is 12.4. The Bertz CT molecular complexity index is 752. The number of halogens is 1. The zero-order valence-corrected chi connectivity index (χ0v) is 15.7. The molecule has 2 rings (SSSR count). The molecule has 0 aromatic heterocycles. The molecule has 1 aromatic rings. The number of carbonyl (C=O) groups excluding carboxylic acids is 2. The molecule has 1 heterocycles. The number of benzene rings is 1. The van der Waals surface area contributed by atoms with Crippen molar-refractivity contribution in [2.75, 3.05) is 16.8 Å². The lowest BCUT2D eigenvalue weighted by Crippen LogP contribution is -2.52. The first kappa shape index (κ1) is 19.5. The van der Waals surface area contributed by atoms with Crippen molar-refractivity contribution in [1.82, 2.24) is 10.6 Å². The molecule has 0 saturated carbocycles. The van der Waals surface area contributed by atoms with Gasteiger partial charge in [-0.05, 0) is 30.5 Å². The van der Waals surface area contributed by atoms with Crippen LogP contribution in [0.15, 0.2) is 24.3 Å². The molecule has 1 aliphatic heterocycles. The Morgan fingerprint density at radius 1 is 1.28 bits per heavy atom. The van der Waals surface area contributed by atoms with E-state index in [-0.39, 0.29) is 23.3 Å². The third-order valence-corrected chi connectivity index (χ3v) is 5.90. The van der Waals surface area contributed by atoms with Crippen molar-refractivity contribution in [1.29, 1.82) is 0 Å². The van der Waals surface area contributed by atoms with Crippen LogP contribution in [0.2, 0.25) is 5.02 Å². The molecule has 7 nitrogen and oxygen atoms in total. The van der Waals surface area contributed by atoms with Gasteiger partial charge in [0.2, 0.25) is 5.91 Å². The van der Waals surface area contributed by atoms with Crippen LogP contribution in [0.3, 0.4) is 0 Å². The Hall–Kier alpha value is -1.80. The number of hydrogen-bond acceptors (Lipinski definition) is 4. The Labute approximate surface area is 152 Å². The van der Waals surface area contributed by atoms with Gasteiger partial charge in [0.15, 0.2) is 9.84 Å².